The average molecular weight is 259 g/mol. The third kappa shape index (κ3) is 2.74. The summed E-state index contributed by atoms with van der Waals surface area (Å²) in [6.07, 6.45) is 1.39. The lowest BCUT2D eigenvalue weighted by molar-refractivity contribution is 0.0697. The Morgan fingerprint density at radius 2 is 2.16 bits per heavy atom. The van der Waals surface area contributed by atoms with E-state index < -0.39 is 5.97 Å². The van der Waals surface area contributed by atoms with Crippen LogP contribution in [0, 0.1) is 0 Å². The molecule has 0 aliphatic carbocycles. The van der Waals surface area contributed by atoms with E-state index in [0.717, 1.165) is 0 Å². The largest absolute Gasteiger partial charge is 0.495 e. The van der Waals surface area contributed by atoms with Crippen molar-refractivity contribution < 1.29 is 14.6 Å². The average Bonchev–Trinajstić information content (AvgIpc) is 2.41. The number of para-hydroxylation sites is 2. The molecule has 2 rings (SSSR count). The second-order valence-corrected chi connectivity index (χ2v) is 3.80. The molecule has 98 valence electrons. The van der Waals surface area contributed by atoms with E-state index >= 15 is 0 Å². The first-order chi connectivity index (χ1) is 9.11. The zero-order valence-corrected chi connectivity index (χ0v) is 10.3. The number of anilines is 3. The molecule has 2 aromatic rings. The molecule has 0 radical (unpaired) electrons. The Kier molecular flexibility index (Phi) is 3.51. The number of nitrogen functional groups attached to an aromatic ring is 1. The minimum absolute atomic E-state index is 0.00547. The number of nitrogens with zero attached hydrogens (tertiary/aromatic N) is 1. The van der Waals surface area contributed by atoms with Crippen LogP contribution in [0.25, 0.3) is 0 Å². The summed E-state index contributed by atoms with van der Waals surface area (Å²) in [5, 5.41) is 12.1. The molecule has 0 saturated heterocycles. The quantitative estimate of drug-likeness (QED) is 0.778. The van der Waals surface area contributed by atoms with Crippen LogP contribution in [0.15, 0.2) is 36.5 Å². The molecule has 0 saturated carbocycles. The first kappa shape index (κ1) is 12.7. The van der Waals surface area contributed by atoms with E-state index in [9.17, 15) is 4.79 Å². The van der Waals surface area contributed by atoms with Gasteiger partial charge in [-0.25, -0.2) is 9.78 Å². The van der Waals surface area contributed by atoms with Crippen molar-refractivity contribution in [2.75, 3.05) is 18.2 Å². The van der Waals surface area contributed by atoms with Gasteiger partial charge in [0.25, 0.3) is 0 Å². The number of nitrogens with two attached hydrogens (primary N) is 1. The fourth-order valence-electron chi connectivity index (χ4n) is 1.62. The van der Waals surface area contributed by atoms with Crippen molar-refractivity contribution >= 4 is 23.2 Å². The zero-order chi connectivity index (χ0) is 13.8. The normalized spacial score (nSPS) is 9.95. The van der Waals surface area contributed by atoms with Gasteiger partial charge in [0, 0.05) is 0 Å². The first-order valence-corrected chi connectivity index (χ1v) is 5.50. The maximum atomic E-state index is 11.2. The van der Waals surface area contributed by atoms with Gasteiger partial charge in [-0.3, -0.25) is 0 Å². The highest BCUT2D eigenvalue weighted by Gasteiger charge is 2.13. The van der Waals surface area contributed by atoms with E-state index in [-0.39, 0.29) is 11.4 Å². The van der Waals surface area contributed by atoms with E-state index in [0.29, 0.717) is 17.1 Å². The zero-order valence-electron chi connectivity index (χ0n) is 10.3. The number of carboxylic acid groups (broad SMARTS) is 1. The van der Waals surface area contributed by atoms with Crippen LogP contribution in [0.1, 0.15) is 10.4 Å². The molecule has 0 unspecified atom stereocenters. The highest BCUT2D eigenvalue weighted by molar-refractivity contribution is 5.95. The van der Waals surface area contributed by atoms with Crippen molar-refractivity contribution in [1.29, 1.82) is 0 Å². The lowest BCUT2D eigenvalue weighted by Gasteiger charge is -2.12. The summed E-state index contributed by atoms with van der Waals surface area (Å²) in [4.78, 5) is 15.1. The number of carbonyl (C=O) groups is 1. The highest BCUT2D eigenvalue weighted by Crippen LogP contribution is 2.28. The molecule has 19 heavy (non-hydrogen) atoms. The number of rotatable bonds is 4. The SMILES string of the molecule is COc1ccccc1Nc1ncc(N)cc1C(=O)O. The predicted molar refractivity (Wildman–Crippen MR) is 71.9 cm³/mol. The molecule has 4 N–H and O–H groups in total. The van der Waals surface area contributed by atoms with E-state index in [4.69, 9.17) is 15.6 Å². The Hall–Kier alpha value is -2.76. The number of nitrogens with one attached hydrogen (secondary N) is 1. The molecule has 1 heterocycles. The molecular formula is C13H13N3O3. The topological polar surface area (TPSA) is 97.5 Å². The fourth-order valence-corrected chi connectivity index (χ4v) is 1.62. The summed E-state index contributed by atoms with van der Waals surface area (Å²) in [5.41, 5.74) is 6.47. The smallest absolute Gasteiger partial charge is 0.339 e. The Labute approximate surface area is 109 Å². The number of aromatic nitrogens is 1. The van der Waals surface area contributed by atoms with Gasteiger partial charge < -0.3 is 20.9 Å². The first-order valence-electron chi connectivity index (χ1n) is 5.50. The Morgan fingerprint density at radius 3 is 2.84 bits per heavy atom. The van der Waals surface area contributed by atoms with Gasteiger partial charge in [-0.05, 0) is 18.2 Å². The van der Waals surface area contributed by atoms with Gasteiger partial charge in [-0.1, -0.05) is 12.1 Å². The standard InChI is InChI=1S/C13H13N3O3/c1-19-11-5-3-2-4-10(11)16-12-9(13(17)18)6-8(14)7-15-12/h2-7H,14H2,1H3,(H,15,16)(H,17,18). The summed E-state index contributed by atoms with van der Waals surface area (Å²) >= 11 is 0. The molecule has 0 spiro atoms. The van der Waals surface area contributed by atoms with Crippen molar-refractivity contribution in [2.24, 2.45) is 0 Å². The lowest BCUT2D eigenvalue weighted by atomic mass is 10.2. The summed E-state index contributed by atoms with van der Waals surface area (Å²) in [6.45, 7) is 0. The van der Waals surface area contributed by atoms with Crippen LogP contribution >= 0.6 is 0 Å². The Bertz CT molecular complexity index is 614. The van der Waals surface area contributed by atoms with Gasteiger partial charge in [0.2, 0.25) is 0 Å². The molecule has 6 nitrogen and oxygen atoms in total. The van der Waals surface area contributed by atoms with Crippen molar-refractivity contribution in [2.45, 2.75) is 0 Å². The minimum Gasteiger partial charge on any atom is -0.495 e. The number of hydrogen-bond acceptors (Lipinski definition) is 5. The maximum Gasteiger partial charge on any atom is 0.339 e. The number of benzene rings is 1. The van der Waals surface area contributed by atoms with E-state index in [1.165, 1.54) is 19.4 Å². The minimum atomic E-state index is -1.10. The van der Waals surface area contributed by atoms with Crippen LogP contribution < -0.4 is 15.8 Å². The summed E-state index contributed by atoms with van der Waals surface area (Å²) in [5.74, 6) is -0.291. The molecular weight excluding hydrogens is 246 g/mol. The second kappa shape index (κ2) is 5.26. The van der Waals surface area contributed by atoms with Gasteiger partial charge in [0.15, 0.2) is 0 Å². The molecule has 1 aromatic carbocycles. The summed E-state index contributed by atoms with van der Waals surface area (Å²) in [7, 11) is 1.54. The molecule has 0 fully saturated rings. The molecule has 0 atom stereocenters. The van der Waals surface area contributed by atoms with E-state index in [1.807, 2.05) is 12.1 Å². The molecule has 0 aliphatic heterocycles. The highest BCUT2D eigenvalue weighted by atomic mass is 16.5. The molecule has 0 bridgehead atoms. The van der Waals surface area contributed by atoms with Crippen LogP contribution in [0.5, 0.6) is 5.75 Å². The van der Waals surface area contributed by atoms with Gasteiger partial charge in [0.05, 0.1) is 24.7 Å². The third-order valence-corrected chi connectivity index (χ3v) is 2.50. The van der Waals surface area contributed by atoms with Gasteiger partial charge in [0.1, 0.15) is 17.1 Å². The van der Waals surface area contributed by atoms with Gasteiger partial charge >= 0.3 is 5.97 Å². The predicted octanol–water partition coefficient (Wildman–Crippen LogP) is 2.11. The number of hydrogen-bond donors (Lipinski definition) is 3. The van der Waals surface area contributed by atoms with Gasteiger partial charge in [-0.15, -0.1) is 0 Å². The second-order valence-electron chi connectivity index (χ2n) is 3.80. The van der Waals surface area contributed by atoms with E-state index in [1.54, 1.807) is 12.1 Å². The number of pyridine rings is 1. The van der Waals surface area contributed by atoms with Crippen molar-refractivity contribution in [3.05, 3.63) is 42.1 Å². The number of carboxylic acids is 1. The van der Waals surface area contributed by atoms with Crippen molar-refractivity contribution in [1.82, 2.24) is 4.98 Å². The van der Waals surface area contributed by atoms with Crippen LogP contribution in [0.4, 0.5) is 17.2 Å². The van der Waals surface area contributed by atoms with Crippen LogP contribution in [0.2, 0.25) is 0 Å². The maximum absolute atomic E-state index is 11.2. The third-order valence-electron chi connectivity index (χ3n) is 2.50. The summed E-state index contributed by atoms with van der Waals surface area (Å²) in [6, 6.07) is 8.51. The lowest BCUT2D eigenvalue weighted by Crippen LogP contribution is -2.06. The molecule has 0 amide bonds. The number of aromatic carboxylic acids is 1. The summed E-state index contributed by atoms with van der Waals surface area (Å²) < 4.78 is 5.18. The fraction of sp³-hybridized carbons (Fsp3) is 0.0769. The van der Waals surface area contributed by atoms with E-state index in [2.05, 4.69) is 10.3 Å². The molecule has 6 heteroatoms. The Balaban J connectivity index is 2.41. The molecule has 0 aliphatic rings. The van der Waals surface area contributed by atoms with Gasteiger partial charge in [-0.2, -0.15) is 0 Å². The number of ether oxygens (including phenoxy) is 1. The Morgan fingerprint density at radius 1 is 1.42 bits per heavy atom. The van der Waals surface area contributed by atoms with Crippen molar-refractivity contribution in [3.8, 4) is 5.75 Å². The van der Waals surface area contributed by atoms with Crippen molar-refractivity contribution in [3.63, 3.8) is 0 Å². The van der Waals surface area contributed by atoms with Crippen LogP contribution in [0.3, 0.4) is 0 Å². The van der Waals surface area contributed by atoms with Crippen LogP contribution in [-0.2, 0) is 0 Å². The van der Waals surface area contributed by atoms with Crippen LogP contribution in [-0.4, -0.2) is 23.2 Å². The monoisotopic (exact) mass is 259 g/mol. The number of methoxy groups -OCH3 is 1. The molecule has 1 aromatic heterocycles.